The molecule has 0 radical (unpaired) electrons. The van der Waals surface area contributed by atoms with Crippen molar-refractivity contribution in [3.8, 4) is 0 Å². The summed E-state index contributed by atoms with van der Waals surface area (Å²) >= 11 is 0. The minimum Gasteiger partial charge on any atom is -0.394 e. The van der Waals surface area contributed by atoms with E-state index in [2.05, 4.69) is 10.6 Å². The molecule has 0 aromatic heterocycles. The van der Waals surface area contributed by atoms with Gasteiger partial charge < -0.3 is 15.7 Å². The quantitative estimate of drug-likeness (QED) is 0.618. The van der Waals surface area contributed by atoms with E-state index in [1.54, 1.807) is 0 Å². The van der Waals surface area contributed by atoms with Crippen molar-refractivity contribution in [2.45, 2.75) is 37.6 Å². The predicted octanol–water partition coefficient (Wildman–Crippen LogP) is 0.491. The summed E-state index contributed by atoms with van der Waals surface area (Å²) in [5.41, 5.74) is 0.0714. The zero-order valence-corrected chi connectivity index (χ0v) is 8.89. The maximum Gasteiger partial charge on any atom is 0.0613 e. The van der Waals surface area contributed by atoms with E-state index >= 15 is 0 Å². The molecule has 3 heteroatoms. The monoisotopic (exact) mass is 198 g/mol. The first-order chi connectivity index (χ1) is 6.85. The highest BCUT2D eigenvalue weighted by atomic mass is 16.3. The summed E-state index contributed by atoms with van der Waals surface area (Å²) < 4.78 is 0. The summed E-state index contributed by atoms with van der Waals surface area (Å²) in [7, 11) is 0. The molecule has 0 spiro atoms. The molecule has 2 aliphatic rings. The zero-order chi connectivity index (χ0) is 9.86. The van der Waals surface area contributed by atoms with Gasteiger partial charge in [0.2, 0.25) is 0 Å². The predicted molar refractivity (Wildman–Crippen MR) is 57.3 cm³/mol. The largest absolute Gasteiger partial charge is 0.394 e. The van der Waals surface area contributed by atoms with Crippen LogP contribution in [0.1, 0.15) is 32.1 Å². The van der Waals surface area contributed by atoms with Crippen molar-refractivity contribution in [1.82, 2.24) is 10.6 Å². The van der Waals surface area contributed by atoms with Crippen LogP contribution in [0.3, 0.4) is 0 Å². The maximum atomic E-state index is 9.47. The fourth-order valence-electron chi connectivity index (χ4n) is 2.88. The Morgan fingerprint density at radius 3 is 2.57 bits per heavy atom. The Hall–Kier alpha value is -0.120. The highest BCUT2D eigenvalue weighted by Crippen LogP contribution is 2.30. The normalized spacial score (nSPS) is 34.9. The molecule has 82 valence electrons. The van der Waals surface area contributed by atoms with Crippen LogP contribution in [0.15, 0.2) is 0 Å². The van der Waals surface area contributed by atoms with Gasteiger partial charge in [0.25, 0.3) is 0 Å². The van der Waals surface area contributed by atoms with Crippen molar-refractivity contribution in [1.29, 1.82) is 0 Å². The highest BCUT2D eigenvalue weighted by Gasteiger charge is 2.35. The average Bonchev–Trinajstić information content (AvgIpc) is 2.69. The first kappa shape index (κ1) is 10.4. The average molecular weight is 198 g/mol. The summed E-state index contributed by atoms with van der Waals surface area (Å²) in [4.78, 5) is 0. The molecular weight excluding hydrogens is 176 g/mol. The zero-order valence-electron chi connectivity index (χ0n) is 8.89. The number of aliphatic hydroxyl groups excluding tert-OH is 1. The molecule has 0 aromatic rings. The molecule has 2 fully saturated rings. The fourth-order valence-corrected chi connectivity index (χ4v) is 2.88. The van der Waals surface area contributed by atoms with Crippen LogP contribution < -0.4 is 10.6 Å². The standard InChI is InChI=1S/C11H22N2O/c14-9-11(4-1-5-13-11)8-10-2-6-12-7-3-10/h10,12-14H,1-9H2. The maximum absolute atomic E-state index is 9.47. The number of piperidine rings is 1. The number of nitrogens with one attached hydrogen (secondary N) is 2. The summed E-state index contributed by atoms with van der Waals surface area (Å²) in [6.07, 6.45) is 6.12. The van der Waals surface area contributed by atoms with Gasteiger partial charge in [-0.25, -0.2) is 0 Å². The van der Waals surface area contributed by atoms with Crippen LogP contribution in [0.5, 0.6) is 0 Å². The third kappa shape index (κ3) is 2.27. The van der Waals surface area contributed by atoms with E-state index < -0.39 is 0 Å². The van der Waals surface area contributed by atoms with E-state index in [4.69, 9.17) is 0 Å². The molecule has 2 rings (SSSR count). The van der Waals surface area contributed by atoms with Gasteiger partial charge >= 0.3 is 0 Å². The Kier molecular flexibility index (Phi) is 3.42. The molecule has 2 saturated heterocycles. The van der Waals surface area contributed by atoms with Crippen LogP contribution in [-0.4, -0.2) is 36.9 Å². The van der Waals surface area contributed by atoms with Gasteiger partial charge in [0.05, 0.1) is 6.61 Å². The molecule has 1 unspecified atom stereocenters. The van der Waals surface area contributed by atoms with Crippen LogP contribution in [0.2, 0.25) is 0 Å². The second-order valence-corrected chi connectivity index (χ2v) is 4.87. The SMILES string of the molecule is OCC1(CC2CCNCC2)CCCN1. The van der Waals surface area contributed by atoms with Gasteiger partial charge in [0.15, 0.2) is 0 Å². The Bertz CT molecular complexity index is 172. The van der Waals surface area contributed by atoms with Crippen molar-refractivity contribution in [2.75, 3.05) is 26.2 Å². The van der Waals surface area contributed by atoms with Gasteiger partial charge in [0.1, 0.15) is 0 Å². The van der Waals surface area contributed by atoms with E-state index in [0.29, 0.717) is 6.61 Å². The molecule has 0 saturated carbocycles. The minimum absolute atomic E-state index is 0.0714. The number of rotatable bonds is 3. The second kappa shape index (κ2) is 4.60. The van der Waals surface area contributed by atoms with Crippen LogP contribution in [0.25, 0.3) is 0 Å². The fraction of sp³-hybridized carbons (Fsp3) is 1.00. The van der Waals surface area contributed by atoms with Gasteiger partial charge in [0, 0.05) is 5.54 Å². The van der Waals surface area contributed by atoms with Gasteiger partial charge in [-0.15, -0.1) is 0 Å². The van der Waals surface area contributed by atoms with Crippen LogP contribution in [0, 0.1) is 5.92 Å². The smallest absolute Gasteiger partial charge is 0.0613 e. The first-order valence-electron chi connectivity index (χ1n) is 5.91. The Morgan fingerprint density at radius 1 is 1.21 bits per heavy atom. The highest BCUT2D eigenvalue weighted by molar-refractivity contribution is 4.94. The van der Waals surface area contributed by atoms with E-state index in [1.807, 2.05) is 0 Å². The summed E-state index contributed by atoms with van der Waals surface area (Å²) in [6.45, 7) is 3.72. The number of aliphatic hydroxyl groups is 1. The molecule has 14 heavy (non-hydrogen) atoms. The van der Waals surface area contributed by atoms with Crippen LogP contribution in [-0.2, 0) is 0 Å². The third-order valence-electron chi connectivity index (χ3n) is 3.77. The lowest BCUT2D eigenvalue weighted by Gasteiger charge is -2.33. The first-order valence-corrected chi connectivity index (χ1v) is 5.91. The molecule has 3 nitrogen and oxygen atoms in total. The van der Waals surface area contributed by atoms with Crippen molar-refractivity contribution < 1.29 is 5.11 Å². The molecule has 3 N–H and O–H groups in total. The number of hydrogen-bond acceptors (Lipinski definition) is 3. The lowest BCUT2D eigenvalue weighted by Crippen LogP contribution is -2.46. The Labute approximate surface area is 86.3 Å². The van der Waals surface area contributed by atoms with Gasteiger partial charge in [-0.1, -0.05) is 0 Å². The minimum atomic E-state index is 0.0714. The van der Waals surface area contributed by atoms with E-state index in [0.717, 1.165) is 32.0 Å². The van der Waals surface area contributed by atoms with E-state index in [-0.39, 0.29) is 5.54 Å². The van der Waals surface area contributed by atoms with Crippen molar-refractivity contribution in [3.05, 3.63) is 0 Å². The lowest BCUT2D eigenvalue weighted by molar-refractivity contribution is 0.141. The Balaban J connectivity index is 1.86. The van der Waals surface area contributed by atoms with E-state index in [1.165, 1.54) is 25.7 Å². The third-order valence-corrected chi connectivity index (χ3v) is 3.77. The van der Waals surface area contributed by atoms with Gasteiger partial charge in [-0.05, 0) is 57.7 Å². The van der Waals surface area contributed by atoms with Gasteiger partial charge in [-0.2, -0.15) is 0 Å². The molecule has 1 atom stereocenters. The molecule has 2 aliphatic heterocycles. The molecule has 0 amide bonds. The van der Waals surface area contributed by atoms with E-state index in [9.17, 15) is 5.11 Å². The molecular formula is C11H22N2O. The van der Waals surface area contributed by atoms with Crippen LogP contribution >= 0.6 is 0 Å². The molecule has 2 heterocycles. The second-order valence-electron chi connectivity index (χ2n) is 4.87. The summed E-state index contributed by atoms with van der Waals surface area (Å²) in [6, 6.07) is 0. The number of hydrogen-bond donors (Lipinski definition) is 3. The van der Waals surface area contributed by atoms with Crippen molar-refractivity contribution >= 4 is 0 Å². The summed E-state index contributed by atoms with van der Waals surface area (Å²) in [5.74, 6) is 0.814. The van der Waals surface area contributed by atoms with Crippen molar-refractivity contribution in [2.24, 2.45) is 5.92 Å². The Morgan fingerprint density at radius 2 is 2.00 bits per heavy atom. The topological polar surface area (TPSA) is 44.3 Å². The van der Waals surface area contributed by atoms with Crippen LogP contribution in [0.4, 0.5) is 0 Å². The molecule has 0 aliphatic carbocycles. The summed E-state index contributed by atoms with van der Waals surface area (Å²) in [5, 5.41) is 16.4. The van der Waals surface area contributed by atoms with Gasteiger partial charge in [-0.3, -0.25) is 0 Å². The lowest BCUT2D eigenvalue weighted by atomic mass is 9.82. The molecule has 0 bridgehead atoms. The molecule has 0 aromatic carbocycles. The van der Waals surface area contributed by atoms with Crippen molar-refractivity contribution in [3.63, 3.8) is 0 Å².